The van der Waals surface area contributed by atoms with Gasteiger partial charge in [0.1, 0.15) is 5.60 Å². The summed E-state index contributed by atoms with van der Waals surface area (Å²) in [6, 6.07) is 21.1. The molecule has 0 heterocycles. The van der Waals surface area contributed by atoms with E-state index >= 15 is 0 Å². The molecule has 3 aromatic carbocycles. The zero-order chi connectivity index (χ0) is 15.2. The highest BCUT2D eigenvalue weighted by Gasteiger charge is 2.35. The van der Waals surface area contributed by atoms with Gasteiger partial charge in [-0.05, 0) is 52.3 Å². The van der Waals surface area contributed by atoms with Gasteiger partial charge in [-0.2, -0.15) is 0 Å². The van der Waals surface area contributed by atoms with Crippen LogP contribution in [0, 0.1) is 0 Å². The first kappa shape index (κ1) is 13.5. The Hall–Kier alpha value is -2.12. The van der Waals surface area contributed by atoms with E-state index in [4.69, 9.17) is 0 Å². The molecule has 0 saturated heterocycles. The third-order valence-corrected chi connectivity index (χ3v) is 5.11. The van der Waals surface area contributed by atoms with Crippen molar-refractivity contribution in [1.29, 1.82) is 0 Å². The summed E-state index contributed by atoms with van der Waals surface area (Å²) in [5.74, 6) is 0. The van der Waals surface area contributed by atoms with Crippen LogP contribution in [0.3, 0.4) is 0 Å². The normalized spacial score (nSPS) is 20.3. The molecule has 1 heteroatoms. The molecule has 110 valence electrons. The Morgan fingerprint density at radius 1 is 0.864 bits per heavy atom. The van der Waals surface area contributed by atoms with Crippen molar-refractivity contribution in [2.45, 2.75) is 31.8 Å². The van der Waals surface area contributed by atoms with Gasteiger partial charge in [0.15, 0.2) is 0 Å². The predicted molar refractivity (Wildman–Crippen MR) is 91.1 cm³/mol. The van der Waals surface area contributed by atoms with E-state index in [9.17, 15) is 5.11 Å². The van der Waals surface area contributed by atoms with Crippen LogP contribution in [-0.2, 0) is 18.4 Å². The maximum atomic E-state index is 11.5. The summed E-state index contributed by atoms with van der Waals surface area (Å²) < 4.78 is 0. The highest BCUT2D eigenvalue weighted by molar-refractivity contribution is 5.87. The fourth-order valence-electron chi connectivity index (χ4n) is 3.92. The molecule has 1 aliphatic carbocycles. The van der Waals surface area contributed by atoms with Crippen LogP contribution in [0.2, 0.25) is 0 Å². The minimum Gasteiger partial charge on any atom is -0.380 e. The third kappa shape index (κ3) is 1.82. The highest BCUT2D eigenvalue weighted by Crippen LogP contribution is 2.42. The molecule has 1 aliphatic rings. The van der Waals surface area contributed by atoms with Gasteiger partial charge in [-0.1, -0.05) is 67.6 Å². The average molecular weight is 288 g/mol. The molecule has 0 aliphatic heterocycles. The number of aryl methyl sites for hydroxylation is 2. The first-order chi connectivity index (χ1) is 10.7. The predicted octanol–water partition coefficient (Wildman–Crippen LogP) is 4.58. The zero-order valence-electron chi connectivity index (χ0n) is 12.8. The molecule has 1 unspecified atom stereocenters. The number of hydrogen-bond donors (Lipinski definition) is 1. The Bertz CT molecular complexity index is 849. The highest BCUT2D eigenvalue weighted by atomic mass is 16.3. The van der Waals surface area contributed by atoms with E-state index in [1.54, 1.807) is 0 Å². The monoisotopic (exact) mass is 288 g/mol. The fourth-order valence-corrected chi connectivity index (χ4v) is 3.92. The Labute approximate surface area is 131 Å². The van der Waals surface area contributed by atoms with Gasteiger partial charge in [0.2, 0.25) is 0 Å². The molecule has 0 amide bonds. The summed E-state index contributed by atoms with van der Waals surface area (Å²) in [6.07, 6.45) is 2.66. The number of benzene rings is 3. The van der Waals surface area contributed by atoms with E-state index in [2.05, 4.69) is 61.5 Å². The van der Waals surface area contributed by atoms with E-state index in [1.165, 1.54) is 21.9 Å². The number of hydrogen-bond acceptors (Lipinski definition) is 1. The smallest absolute Gasteiger partial charge is 0.115 e. The van der Waals surface area contributed by atoms with Gasteiger partial charge >= 0.3 is 0 Å². The first-order valence-electron chi connectivity index (χ1n) is 8.06. The quantitative estimate of drug-likeness (QED) is 0.694. The maximum absolute atomic E-state index is 11.5. The van der Waals surface area contributed by atoms with E-state index in [-0.39, 0.29) is 0 Å². The van der Waals surface area contributed by atoms with Gasteiger partial charge in [0.25, 0.3) is 0 Å². The fraction of sp³-hybridized carbons (Fsp3) is 0.238. The van der Waals surface area contributed by atoms with Crippen LogP contribution in [0.4, 0.5) is 0 Å². The van der Waals surface area contributed by atoms with Crippen molar-refractivity contribution in [2.24, 2.45) is 0 Å². The minimum atomic E-state index is -0.882. The number of rotatable bonds is 1. The van der Waals surface area contributed by atoms with Gasteiger partial charge in [-0.25, -0.2) is 0 Å². The lowest BCUT2D eigenvalue weighted by atomic mass is 9.80. The molecule has 0 aromatic heterocycles. The Balaban J connectivity index is 2.06. The van der Waals surface area contributed by atoms with Crippen LogP contribution >= 0.6 is 0 Å². The van der Waals surface area contributed by atoms with Crippen LogP contribution in [-0.4, -0.2) is 5.11 Å². The van der Waals surface area contributed by atoms with Gasteiger partial charge in [-0.15, -0.1) is 0 Å². The topological polar surface area (TPSA) is 20.2 Å². The van der Waals surface area contributed by atoms with Crippen molar-refractivity contribution >= 4 is 10.8 Å². The number of aliphatic hydroxyl groups is 1. The third-order valence-electron chi connectivity index (χ3n) is 5.11. The molecule has 1 atom stereocenters. The second kappa shape index (κ2) is 4.96. The molecule has 22 heavy (non-hydrogen) atoms. The van der Waals surface area contributed by atoms with E-state index in [1.807, 2.05) is 6.07 Å². The van der Waals surface area contributed by atoms with Crippen LogP contribution in [0.1, 0.15) is 35.6 Å². The summed E-state index contributed by atoms with van der Waals surface area (Å²) in [7, 11) is 0. The maximum Gasteiger partial charge on any atom is 0.115 e. The zero-order valence-corrected chi connectivity index (χ0v) is 12.8. The Kier molecular flexibility index (Phi) is 3.05. The van der Waals surface area contributed by atoms with Gasteiger partial charge < -0.3 is 5.11 Å². The van der Waals surface area contributed by atoms with Crippen molar-refractivity contribution in [3.63, 3.8) is 0 Å². The molecule has 4 rings (SSSR count). The lowest BCUT2D eigenvalue weighted by Gasteiger charge is -2.30. The molecule has 1 nitrogen and oxygen atoms in total. The summed E-state index contributed by atoms with van der Waals surface area (Å²) in [4.78, 5) is 0. The number of fused-ring (bicyclic) bond motifs is 4. The summed E-state index contributed by atoms with van der Waals surface area (Å²) in [5.41, 5.74) is 3.85. The van der Waals surface area contributed by atoms with Crippen LogP contribution in [0.25, 0.3) is 10.8 Å². The van der Waals surface area contributed by atoms with Crippen LogP contribution in [0.5, 0.6) is 0 Å². The molecule has 3 aromatic rings. The van der Waals surface area contributed by atoms with Crippen LogP contribution in [0.15, 0.2) is 60.7 Å². The molecule has 0 bridgehead atoms. The molecular weight excluding hydrogens is 268 g/mol. The molecule has 0 saturated carbocycles. The molecule has 1 N–H and O–H groups in total. The van der Waals surface area contributed by atoms with E-state index < -0.39 is 5.60 Å². The van der Waals surface area contributed by atoms with Crippen molar-refractivity contribution in [2.75, 3.05) is 0 Å². The van der Waals surface area contributed by atoms with Gasteiger partial charge in [0, 0.05) is 0 Å². The van der Waals surface area contributed by atoms with Crippen molar-refractivity contribution in [3.8, 4) is 0 Å². The standard InChI is InChI=1S/C21H20O/c1-2-21(22)19-10-6-4-8-16(19)11-13-18-17-9-5-3-7-15(17)12-14-20(18)21/h3-10,12,14,22H,2,11,13H2,1H3. The Morgan fingerprint density at radius 2 is 1.64 bits per heavy atom. The second-order valence-corrected chi connectivity index (χ2v) is 6.18. The molecule has 0 fully saturated rings. The van der Waals surface area contributed by atoms with Crippen molar-refractivity contribution in [1.82, 2.24) is 0 Å². The van der Waals surface area contributed by atoms with Gasteiger partial charge in [-0.3, -0.25) is 0 Å². The second-order valence-electron chi connectivity index (χ2n) is 6.18. The largest absolute Gasteiger partial charge is 0.380 e. The summed E-state index contributed by atoms with van der Waals surface area (Å²) in [6.45, 7) is 2.07. The van der Waals surface area contributed by atoms with E-state index in [0.717, 1.165) is 24.0 Å². The molecule has 0 spiro atoms. The van der Waals surface area contributed by atoms with E-state index in [0.29, 0.717) is 6.42 Å². The van der Waals surface area contributed by atoms with Crippen molar-refractivity contribution in [3.05, 3.63) is 82.9 Å². The minimum absolute atomic E-state index is 0.690. The molecular formula is C21H20O. The van der Waals surface area contributed by atoms with Gasteiger partial charge in [0.05, 0.1) is 0 Å². The average Bonchev–Trinajstić information content (AvgIpc) is 2.71. The summed E-state index contributed by atoms with van der Waals surface area (Å²) in [5, 5.41) is 14.1. The molecule has 0 radical (unpaired) electrons. The lowest BCUT2D eigenvalue weighted by molar-refractivity contribution is 0.0760. The SMILES string of the molecule is CCC1(O)c2ccccc2CCc2c1ccc1ccccc21. The lowest BCUT2D eigenvalue weighted by Crippen LogP contribution is -2.27. The van der Waals surface area contributed by atoms with Crippen molar-refractivity contribution < 1.29 is 5.11 Å². The first-order valence-corrected chi connectivity index (χ1v) is 8.06. The Morgan fingerprint density at radius 3 is 2.50 bits per heavy atom. The van der Waals surface area contributed by atoms with Crippen LogP contribution < -0.4 is 0 Å². The summed E-state index contributed by atoms with van der Waals surface area (Å²) >= 11 is 0.